The molecule has 1 aliphatic rings. The van der Waals surface area contributed by atoms with Crippen molar-refractivity contribution in [3.63, 3.8) is 0 Å². The Kier molecular flexibility index (Phi) is 10.5. The SMILES string of the molecule is NSc1nnc(NC(=O)COCC(=O)NCCCC(=O)NC2=NN(c3ccc(Cl)c(Cl)c3)CC2)s1. The molecule has 0 saturated heterocycles. The highest BCUT2D eigenvalue weighted by Gasteiger charge is 2.18. The van der Waals surface area contributed by atoms with E-state index in [1.165, 1.54) is 0 Å². The minimum Gasteiger partial charge on any atom is -0.362 e. The van der Waals surface area contributed by atoms with E-state index in [9.17, 15) is 14.4 Å². The van der Waals surface area contributed by atoms with E-state index in [2.05, 4.69) is 31.2 Å². The molecule has 0 bridgehead atoms. The maximum absolute atomic E-state index is 12.2. The van der Waals surface area contributed by atoms with Crippen molar-refractivity contribution in [3.8, 4) is 0 Å². The molecular formula is C19H22Cl2N8O4S2. The lowest BCUT2D eigenvalue weighted by molar-refractivity contribution is -0.129. The quantitative estimate of drug-likeness (QED) is 0.183. The van der Waals surface area contributed by atoms with E-state index in [-0.39, 0.29) is 32.1 Å². The molecule has 0 spiro atoms. The van der Waals surface area contributed by atoms with E-state index in [1.807, 2.05) is 0 Å². The second kappa shape index (κ2) is 13.6. The van der Waals surface area contributed by atoms with Gasteiger partial charge in [0.25, 0.3) is 5.91 Å². The molecule has 0 saturated carbocycles. The van der Waals surface area contributed by atoms with Crippen molar-refractivity contribution in [1.29, 1.82) is 0 Å². The van der Waals surface area contributed by atoms with E-state index in [0.29, 0.717) is 44.7 Å². The standard InChI is InChI=1S/C19H22Cl2N8O4S2/c20-12-4-3-11(8-13(12)21)29-7-5-14(28-29)24-15(30)2-1-6-23-16(31)9-33-10-17(32)25-18-26-27-19(34-18)35-22/h3-4,8H,1-2,5-7,9-10,22H2,(H,23,31)(H,24,28,30)(H,25,26,32). The molecule has 0 radical (unpaired) electrons. The Hall–Kier alpha value is -2.49. The van der Waals surface area contributed by atoms with E-state index in [0.717, 1.165) is 29.0 Å². The predicted octanol–water partition coefficient (Wildman–Crippen LogP) is 2.00. The van der Waals surface area contributed by atoms with Gasteiger partial charge < -0.3 is 15.4 Å². The largest absolute Gasteiger partial charge is 0.362 e. The Morgan fingerprint density at radius 1 is 1.11 bits per heavy atom. The summed E-state index contributed by atoms with van der Waals surface area (Å²) in [6.45, 7) is 0.285. The van der Waals surface area contributed by atoms with E-state index < -0.39 is 11.8 Å². The molecule has 35 heavy (non-hydrogen) atoms. The van der Waals surface area contributed by atoms with Crippen LogP contribution in [0.15, 0.2) is 27.6 Å². The fraction of sp³-hybridized carbons (Fsp3) is 0.368. The van der Waals surface area contributed by atoms with Crippen LogP contribution in [0, 0.1) is 0 Å². The van der Waals surface area contributed by atoms with Crippen LogP contribution < -0.4 is 26.1 Å². The number of aromatic nitrogens is 2. The molecule has 2 aromatic rings. The molecule has 0 aliphatic carbocycles. The second-order valence-corrected chi connectivity index (χ2v) is 9.72. The van der Waals surface area contributed by atoms with Crippen molar-refractivity contribution in [2.45, 2.75) is 23.6 Å². The number of benzene rings is 1. The number of carbonyl (C=O) groups is 3. The van der Waals surface area contributed by atoms with Crippen LogP contribution in [0.3, 0.4) is 0 Å². The summed E-state index contributed by atoms with van der Waals surface area (Å²) in [5.41, 5.74) is 0.783. The lowest BCUT2D eigenvalue weighted by Crippen LogP contribution is -2.32. The summed E-state index contributed by atoms with van der Waals surface area (Å²) in [6.07, 6.45) is 1.22. The zero-order valence-electron chi connectivity index (χ0n) is 18.3. The summed E-state index contributed by atoms with van der Waals surface area (Å²) in [7, 11) is 0. The van der Waals surface area contributed by atoms with Gasteiger partial charge in [0.1, 0.15) is 19.0 Å². The molecule has 188 valence electrons. The molecule has 3 amide bonds. The highest BCUT2D eigenvalue weighted by atomic mass is 35.5. The molecule has 1 aromatic carbocycles. The summed E-state index contributed by atoms with van der Waals surface area (Å²) < 4.78 is 5.59. The number of nitrogens with two attached hydrogens (primary N) is 1. The molecule has 16 heteroatoms. The number of amidine groups is 1. The van der Waals surface area contributed by atoms with Gasteiger partial charge in [-0.1, -0.05) is 34.5 Å². The van der Waals surface area contributed by atoms with Gasteiger partial charge >= 0.3 is 0 Å². The first-order valence-electron chi connectivity index (χ1n) is 10.3. The fourth-order valence-corrected chi connectivity index (χ4v) is 4.13. The predicted molar refractivity (Wildman–Crippen MR) is 136 cm³/mol. The highest BCUT2D eigenvalue weighted by molar-refractivity contribution is 7.98. The first-order chi connectivity index (χ1) is 16.8. The van der Waals surface area contributed by atoms with Crippen molar-refractivity contribution < 1.29 is 19.1 Å². The van der Waals surface area contributed by atoms with Crippen LogP contribution in [0.1, 0.15) is 19.3 Å². The summed E-state index contributed by atoms with van der Waals surface area (Å²) in [6, 6.07) is 5.21. The minimum atomic E-state index is -0.466. The van der Waals surface area contributed by atoms with Crippen LogP contribution in [-0.4, -0.2) is 60.1 Å². The number of ether oxygens (including phenoxy) is 1. The number of nitrogens with zero attached hydrogens (tertiary/aromatic N) is 4. The Balaban J connectivity index is 1.26. The Bertz CT molecular complexity index is 1100. The van der Waals surface area contributed by atoms with Crippen LogP contribution in [0.5, 0.6) is 0 Å². The zero-order valence-corrected chi connectivity index (χ0v) is 21.4. The number of anilines is 2. The first kappa shape index (κ1) is 27.1. The van der Waals surface area contributed by atoms with E-state index in [4.69, 9.17) is 33.1 Å². The van der Waals surface area contributed by atoms with Gasteiger partial charge in [-0.2, -0.15) is 5.10 Å². The van der Waals surface area contributed by atoms with Gasteiger partial charge in [0, 0.05) is 25.9 Å². The lowest BCUT2D eigenvalue weighted by Gasteiger charge is -2.13. The Morgan fingerprint density at radius 3 is 2.66 bits per heavy atom. The molecular weight excluding hydrogens is 539 g/mol. The Labute approximate surface area is 219 Å². The van der Waals surface area contributed by atoms with Crippen molar-refractivity contribution in [2.24, 2.45) is 10.2 Å². The monoisotopic (exact) mass is 560 g/mol. The van der Waals surface area contributed by atoms with Crippen molar-refractivity contribution in [3.05, 3.63) is 28.2 Å². The molecule has 12 nitrogen and oxygen atoms in total. The smallest absolute Gasteiger partial charge is 0.252 e. The summed E-state index contributed by atoms with van der Waals surface area (Å²) in [5, 5.41) is 28.0. The number of hydrogen-bond acceptors (Lipinski definition) is 11. The average molecular weight is 561 g/mol. The number of amides is 3. The van der Waals surface area contributed by atoms with Crippen LogP contribution in [0.2, 0.25) is 10.0 Å². The van der Waals surface area contributed by atoms with Gasteiger partial charge in [0.05, 0.1) is 15.7 Å². The van der Waals surface area contributed by atoms with Gasteiger partial charge in [-0.05, 0) is 36.6 Å². The van der Waals surface area contributed by atoms with Crippen molar-refractivity contribution in [2.75, 3.05) is 36.6 Å². The van der Waals surface area contributed by atoms with Gasteiger partial charge in [-0.15, -0.1) is 10.2 Å². The number of hydrogen-bond donors (Lipinski definition) is 4. The van der Waals surface area contributed by atoms with E-state index in [1.54, 1.807) is 23.2 Å². The second-order valence-electron chi connectivity index (χ2n) is 7.05. The third-order valence-electron chi connectivity index (χ3n) is 4.41. The number of rotatable bonds is 11. The molecule has 1 aliphatic heterocycles. The third-order valence-corrected chi connectivity index (χ3v) is 6.60. The molecule has 0 fully saturated rings. The molecule has 5 N–H and O–H groups in total. The third kappa shape index (κ3) is 8.91. The van der Waals surface area contributed by atoms with Gasteiger partial charge in [0.2, 0.25) is 16.9 Å². The summed E-state index contributed by atoms with van der Waals surface area (Å²) >= 11 is 14.0. The lowest BCUT2D eigenvalue weighted by atomic mass is 10.3. The van der Waals surface area contributed by atoms with Gasteiger partial charge in [-0.25, -0.2) is 0 Å². The first-order valence-corrected chi connectivity index (χ1v) is 12.7. The zero-order chi connectivity index (χ0) is 25.2. The molecule has 0 unspecified atom stereocenters. The fourth-order valence-electron chi connectivity index (χ4n) is 2.83. The van der Waals surface area contributed by atoms with Crippen LogP contribution in [0.25, 0.3) is 0 Å². The summed E-state index contributed by atoms with van der Waals surface area (Å²) in [4.78, 5) is 35.7. The average Bonchev–Trinajstić information content (AvgIpc) is 3.48. The Morgan fingerprint density at radius 2 is 1.91 bits per heavy atom. The number of hydrazone groups is 1. The normalized spacial score (nSPS) is 12.9. The van der Waals surface area contributed by atoms with Crippen LogP contribution >= 0.6 is 46.5 Å². The maximum Gasteiger partial charge on any atom is 0.252 e. The van der Waals surface area contributed by atoms with Gasteiger partial charge in [0.15, 0.2) is 4.34 Å². The molecule has 0 atom stereocenters. The molecule has 3 rings (SSSR count). The number of nitrogens with one attached hydrogen (secondary N) is 3. The number of halogens is 2. The van der Waals surface area contributed by atoms with E-state index >= 15 is 0 Å². The van der Waals surface area contributed by atoms with Crippen molar-refractivity contribution >= 4 is 80.9 Å². The number of carbonyl (C=O) groups excluding carboxylic acids is 3. The van der Waals surface area contributed by atoms with Crippen LogP contribution in [-0.2, 0) is 19.1 Å². The topological polar surface area (TPSA) is 164 Å². The molecule has 2 heterocycles. The van der Waals surface area contributed by atoms with Crippen LogP contribution in [0.4, 0.5) is 10.8 Å². The molecule has 1 aromatic heterocycles. The highest BCUT2D eigenvalue weighted by Crippen LogP contribution is 2.28. The van der Waals surface area contributed by atoms with Crippen molar-refractivity contribution in [1.82, 2.24) is 20.8 Å². The van der Waals surface area contributed by atoms with Gasteiger partial charge in [-0.3, -0.25) is 29.8 Å². The maximum atomic E-state index is 12.2. The summed E-state index contributed by atoms with van der Waals surface area (Å²) in [5.74, 6) is -0.502. The minimum absolute atomic E-state index is 0.199.